The molecule has 1 N–H and O–H groups in total. The molecule has 3 rings (SSSR count). The van der Waals surface area contributed by atoms with Crippen molar-refractivity contribution in [2.24, 2.45) is 0 Å². The standard InChI is InChI=1S/C27H27BrCl2O4S/c1-26(2,3)22-16(14-19(23(29)24(22)30)34-27(4,5)25(32)33)8-11-18(31)21-13-12-20(35-21)15-6-9-17(28)10-7-15/h6-7,9-10,12-14H,8,11H2,1-5H3,(H,32,33). The van der Waals surface area contributed by atoms with Crippen LogP contribution >= 0.6 is 50.5 Å². The summed E-state index contributed by atoms with van der Waals surface area (Å²) in [5.74, 6) is -0.911. The highest BCUT2D eigenvalue weighted by atomic mass is 79.9. The maximum atomic E-state index is 13.1. The molecular weight excluding hydrogens is 571 g/mol. The van der Waals surface area contributed by atoms with E-state index < -0.39 is 11.6 Å². The molecule has 35 heavy (non-hydrogen) atoms. The van der Waals surface area contributed by atoms with Crippen LogP contribution in [0.25, 0.3) is 10.4 Å². The van der Waals surface area contributed by atoms with Crippen LogP contribution in [0.4, 0.5) is 0 Å². The Morgan fingerprint density at radius 3 is 2.20 bits per heavy atom. The van der Waals surface area contributed by atoms with Crippen LogP contribution in [0.5, 0.6) is 5.75 Å². The number of hydrogen-bond donors (Lipinski definition) is 1. The van der Waals surface area contributed by atoms with E-state index in [2.05, 4.69) is 15.9 Å². The van der Waals surface area contributed by atoms with Gasteiger partial charge in [0.05, 0.1) is 9.90 Å². The molecule has 0 amide bonds. The smallest absolute Gasteiger partial charge is 0.347 e. The maximum absolute atomic E-state index is 13.1. The average molecular weight is 598 g/mol. The molecule has 186 valence electrons. The molecule has 1 heterocycles. The number of thiophene rings is 1. The van der Waals surface area contributed by atoms with Crippen LogP contribution in [-0.4, -0.2) is 22.5 Å². The molecule has 0 atom stereocenters. The molecule has 0 aliphatic rings. The first-order valence-corrected chi connectivity index (χ1v) is 13.4. The Morgan fingerprint density at radius 2 is 1.63 bits per heavy atom. The lowest BCUT2D eigenvalue weighted by Gasteiger charge is -2.28. The molecule has 2 aromatic carbocycles. The number of halogens is 3. The number of aryl methyl sites for hydroxylation is 1. The number of carboxylic acids is 1. The van der Waals surface area contributed by atoms with Gasteiger partial charge in [-0.15, -0.1) is 11.3 Å². The summed E-state index contributed by atoms with van der Waals surface area (Å²) in [6.07, 6.45) is 0.681. The fraction of sp³-hybridized carbons (Fsp3) is 0.333. The van der Waals surface area contributed by atoms with Crippen LogP contribution in [0.2, 0.25) is 10.0 Å². The molecule has 0 aliphatic carbocycles. The number of ether oxygens (including phenoxy) is 1. The molecule has 8 heteroatoms. The molecule has 4 nitrogen and oxygen atoms in total. The Balaban J connectivity index is 1.89. The highest BCUT2D eigenvalue weighted by Gasteiger charge is 2.33. The van der Waals surface area contributed by atoms with E-state index in [9.17, 15) is 14.7 Å². The number of benzene rings is 2. The lowest BCUT2D eigenvalue weighted by atomic mass is 9.82. The number of carboxylic acid groups (broad SMARTS) is 1. The van der Waals surface area contributed by atoms with Crippen LogP contribution in [-0.2, 0) is 16.6 Å². The molecular formula is C27H27BrCl2O4S. The van der Waals surface area contributed by atoms with E-state index in [0.29, 0.717) is 16.3 Å². The first kappa shape index (κ1) is 27.7. The van der Waals surface area contributed by atoms with Crippen molar-refractivity contribution in [3.63, 3.8) is 0 Å². The molecule has 0 bridgehead atoms. The molecule has 0 saturated carbocycles. The van der Waals surface area contributed by atoms with Crippen LogP contribution in [0.1, 0.15) is 61.8 Å². The second-order valence-electron chi connectivity index (χ2n) is 9.80. The third-order valence-electron chi connectivity index (χ3n) is 5.52. The molecule has 0 fully saturated rings. The number of aliphatic carboxylic acids is 1. The van der Waals surface area contributed by atoms with Crippen molar-refractivity contribution in [1.82, 2.24) is 0 Å². The average Bonchev–Trinajstić information content (AvgIpc) is 3.25. The van der Waals surface area contributed by atoms with Gasteiger partial charge < -0.3 is 9.84 Å². The zero-order valence-electron chi connectivity index (χ0n) is 20.2. The molecule has 1 aromatic heterocycles. The molecule has 0 unspecified atom stereocenters. The van der Waals surface area contributed by atoms with Gasteiger partial charge in [0.1, 0.15) is 10.8 Å². The van der Waals surface area contributed by atoms with E-state index >= 15 is 0 Å². The number of hydrogen-bond acceptors (Lipinski definition) is 4. The molecule has 0 spiro atoms. The minimum atomic E-state index is -1.50. The van der Waals surface area contributed by atoms with E-state index in [-0.39, 0.29) is 28.4 Å². The van der Waals surface area contributed by atoms with E-state index in [4.69, 9.17) is 27.9 Å². The topological polar surface area (TPSA) is 63.6 Å². The van der Waals surface area contributed by atoms with Crippen LogP contribution in [0.3, 0.4) is 0 Å². The van der Waals surface area contributed by atoms with Crippen molar-refractivity contribution in [1.29, 1.82) is 0 Å². The van der Waals surface area contributed by atoms with Gasteiger partial charge in [-0.05, 0) is 72.7 Å². The Bertz CT molecular complexity index is 1260. The fourth-order valence-electron chi connectivity index (χ4n) is 3.68. The van der Waals surface area contributed by atoms with Crippen molar-refractivity contribution >= 4 is 62.2 Å². The van der Waals surface area contributed by atoms with Gasteiger partial charge in [0.2, 0.25) is 0 Å². The second kappa shape index (κ2) is 10.6. The second-order valence-corrected chi connectivity index (χ2v) is 12.6. The third-order valence-corrected chi connectivity index (χ3v) is 8.07. The Labute approximate surface area is 228 Å². The molecule has 3 aromatic rings. The van der Waals surface area contributed by atoms with Gasteiger partial charge in [-0.1, -0.05) is 72.0 Å². The Morgan fingerprint density at radius 1 is 1.00 bits per heavy atom. The number of carbonyl (C=O) groups is 2. The van der Waals surface area contributed by atoms with E-state index in [1.165, 1.54) is 25.2 Å². The van der Waals surface area contributed by atoms with Crippen molar-refractivity contribution < 1.29 is 19.4 Å². The van der Waals surface area contributed by atoms with Crippen molar-refractivity contribution in [2.75, 3.05) is 0 Å². The Hall–Kier alpha value is -1.86. The molecule has 0 aliphatic heterocycles. The zero-order chi connectivity index (χ0) is 26.1. The van der Waals surface area contributed by atoms with Crippen LogP contribution in [0, 0.1) is 0 Å². The lowest BCUT2D eigenvalue weighted by molar-refractivity contribution is -0.152. The minimum absolute atomic E-state index is 0.0256. The lowest BCUT2D eigenvalue weighted by Crippen LogP contribution is -2.38. The largest absolute Gasteiger partial charge is 0.478 e. The summed E-state index contributed by atoms with van der Waals surface area (Å²) < 4.78 is 6.73. The van der Waals surface area contributed by atoms with Gasteiger partial charge in [0.25, 0.3) is 0 Å². The number of Topliss-reactive ketones (excluding diaryl/α,β-unsaturated/α-hetero) is 1. The quantitative estimate of drug-likeness (QED) is 0.263. The number of carbonyl (C=O) groups excluding carboxylic acids is 1. The monoisotopic (exact) mass is 596 g/mol. The predicted octanol–water partition coefficient (Wildman–Crippen LogP) is 8.84. The van der Waals surface area contributed by atoms with Gasteiger partial charge in [0.15, 0.2) is 11.4 Å². The summed E-state index contributed by atoms with van der Waals surface area (Å²) in [7, 11) is 0. The van der Waals surface area contributed by atoms with Crippen LogP contribution < -0.4 is 4.74 Å². The summed E-state index contributed by atoms with van der Waals surface area (Å²) >= 11 is 18.1. The van der Waals surface area contributed by atoms with E-state index in [1.807, 2.05) is 57.2 Å². The fourth-order valence-corrected chi connectivity index (χ4v) is 5.61. The van der Waals surface area contributed by atoms with Crippen molar-refractivity contribution in [3.05, 3.63) is 73.0 Å². The maximum Gasteiger partial charge on any atom is 0.347 e. The summed E-state index contributed by atoms with van der Waals surface area (Å²) in [6.45, 7) is 8.94. The molecule has 0 radical (unpaired) electrons. The number of rotatable bonds is 8. The van der Waals surface area contributed by atoms with Gasteiger partial charge in [-0.2, -0.15) is 0 Å². The minimum Gasteiger partial charge on any atom is -0.478 e. The summed E-state index contributed by atoms with van der Waals surface area (Å²) in [5, 5.41) is 9.95. The SMILES string of the molecule is CC(C)(Oc1cc(CCC(=O)c2ccc(-c3ccc(Br)cc3)s2)c(C(C)(C)C)c(Cl)c1Cl)C(=O)O. The van der Waals surface area contributed by atoms with Crippen molar-refractivity contribution in [3.8, 4) is 16.2 Å². The van der Waals surface area contributed by atoms with Gasteiger partial charge >= 0.3 is 5.97 Å². The Kier molecular flexibility index (Phi) is 8.42. The van der Waals surface area contributed by atoms with Crippen molar-refractivity contribution in [2.45, 2.75) is 58.5 Å². The predicted molar refractivity (Wildman–Crippen MR) is 148 cm³/mol. The van der Waals surface area contributed by atoms with Gasteiger partial charge in [-0.3, -0.25) is 4.79 Å². The first-order chi connectivity index (χ1) is 16.2. The zero-order valence-corrected chi connectivity index (χ0v) is 24.1. The van der Waals surface area contributed by atoms with Crippen LogP contribution in [0.15, 0.2) is 46.9 Å². The molecule has 0 saturated heterocycles. The van der Waals surface area contributed by atoms with E-state index in [0.717, 1.165) is 26.0 Å². The van der Waals surface area contributed by atoms with Gasteiger partial charge in [-0.25, -0.2) is 4.79 Å². The highest BCUT2D eigenvalue weighted by Crippen LogP contribution is 2.44. The van der Waals surface area contributed by atoms with E-state index in [1.54, 1.807) is 6.07 Å². The number of ketones is 1. The normalized spacial score (nSPS) is 12.0. The summed E-state index contributed by atoms with van der Waals surface area (Å²) in [4.78, 5) is 26.4. The summed E-state index contributed by atoms with van der Waals surface area (Å²) in [5.41, 5.74) is 0.835. The van der Waals surface area contributed by atoms with Gasteiger partial charge in [0, 0.05) is 15.8 Å². The first-order valence-electron chi connectivity index (χ1n) is 11.0. The highest BCUT2D eigenvalue weighted by molar-refractivity contribution is 9.10. The third kappa shape index (κ3) is 6.48. The summed E-state index contributed by atoms with van der Waals surface area (Å²) in [6, 6.07) is 13.5.